The van der Waals surface area contributed by atoms with Crippen LogP contribution in [0.4, 0.5) is 11.4 Å². The molecule has 0 bridgehead atoms. The number of ether oxygens (including phenoxy) is 1. The lowest BCUT2D eigenvalue weighted by atomic mass is 9.98. The third kappa shape index (κ3) is 6.07. The number of hydrogen-bond acceptors (Lipinski definition) is 4. The van der Waals surface area contributed by atoms with Gasteiger partial charge in [-0.3, -0.25) is 14.5 Å². The van der Waals surface area contributed by atoms with E-state index in [4.69, 9.17) is 4.74 Å². The van der Waals surface area contributed by atoms with Crippen LogP contribution in [0.15, 0.2) is 42.5 Å². The first-order valence-electron chi connectivity index (χ1n) is 10.3. The van der Waals surface area contributed by atoms with Crippen molar-refractivity contribution in [2.45, 2.75) is 46.6 Å². The first-order chi connectivity index (χ1) is 14.3. The number of hydrogen-bond donors (Lipinski definition) is 2. The van der Waals surface area contributed by atoms with Crippen molar-refractivity contribution in [2.75, 3.05) is 30.8 Å². The molecule has 2 rings (SSSR count). The molecule has 30 heavy (non-hydrogen) atoms. The molecule has 0 aliphatic heterocycles. The van der Waals surface area contributed by atoms with E-state index in [2.05, 4.69) is 24.5 Å². The van der Waals surface area contributed by atoms with Crippen LogP contribution in [-0.2, 0) is 9.59 Å². The molecule has 0 aromatic heterocycles. The summed E-state index contributed by atoms with van der Waals surface area (Å²) < 4.78 is 5.13. The highest BCUT2D eigenvalue weighted by Gasteiger charge is 2.23. The maximum absolute atomic E-state index is 13.0. The number of benzene rings is 2. The van der Waals surface area contributed by atoms with E-state index in [0.29, 0.717) is 18.2 Å². The summed E-state index contributed by atoms with van der Waals surface area (Å²) in [5, 5.41) is 5.95. The Bertz CT molecular complexity index is 862. The predicted molar refractivity (Wildman–Crippen MR) is 122 cm³/mol. The molecule has 2 aromatic carbocycles. The van der Waals surface area contributed by atoms with Gasteiger partial charge in [0.25, 0.3) is 0 Å². The Morgan fingerprint density at radius 1 is 1.03 bits per heavy atom. The zero-order chi connectivity index (χ0) is 22.3. The number of anilines is 2. The van der Waals surface area contributed by atoms with Gasteiger partial charge in [-0.25, -0.2) is 0 Å². The van der Waals surface area contributed by atoms with Crippen molar-refractivity contribution >= 4 is 23.2 Å². The Morgan fingerprint density at radius 2 is 1.70 bits per heavy atom. The maximum atomic E-state index is 13.0. The van der Waals surface area contributed by atoms with Gasteiger partial charge in [-0.05, 0) is 61.7 Å². The highest BCUT2D eigenvalue weighted by molar-refractivity contribution is 5.97. The van der Waals surface area contributed by atoms with E-state index in [9.17, 15) is 9.59 Å². The van der Waals surface area contributed by atoms with E-state index in [-0.39, 0.29) is 18.4 Å². The van der Waals surface area contributed by atoms with E-state index in [0.717, 1.165) is 22.6 Å². The second-order valence-electron chi connectivity index (χ2n) is 7.70. The van der Waals surface area contributed by atoms with Crippen LogP contribution in [0.2, 0.25) is 0 Å². The monoisotopic (exact) mass is 411 g/mol. The zero-order valence-electron chi connectivity index (χ0n) is 18.8. The van der Waals surface area contributed by atoms with Gasteiger partial charge in [-0.2, -0.15) is 0 Å². The molecular formula is C24H33N3O3. The quantitative estimate of drug-likeness (QED) is 0.641. The van der Waals surface area contributed by atoms with Gasteiger partial charge >= 0.3 is 0 Å². The number of amides is 2. The van der Waals surface area contributed by atoms with E-state index in [1.807, 2.05) is 43.9 Å². The van der Waals surface area contributed by atoms with E-state index in [1.54, 1.807) is 31.4 Å². The van der Waals surface area contributed by atoms with Crippen molar-refractivity contribution < 1.29 is 14.3 Å². The van der Waals surface area contributed by atoms with Crippen molar-refractivity contribution in [3.63, 3.8) is 0 Å². The molecule has 0 saturated heterocycles. The average molecular weight is 412 g/mol. The van der Waals surface area contributed by atoms with Gasteiger partial charge in [-0.1, -0.05) is 39.0 Å². The number of nitrogens with one attached hydrogen (secondary N) is 2. The first kappa shape index (κ1) is 23.4. The van der Waals surface area contributed by atoms with Gasteiger partial charge < -0.3 is 15.4 Å². The van der Waals surface area contributed by atoms with Crippen molar-refractivity contribution in [3.05, 3.63) is 53.6 Å². The summed E-state index contributed by atoms with van der Waals surface area (Å²) in [7, 11) is 1.60. The van der Waals surface area contributed by atoms with Crippen LogP contribution < -0.4 is 15.4 Å². The summed E-state index contributed by atoms with van der Waals surface area (Å²) in [6, 6.07) is 12.7. The lowest BCUT2D eigenvalue weighted by molar-refractivity contribution is -0.123. The summed E-state index contributed by atoms with van der Waals surface area (Å²) in [6.45, 7) is 10.7. The minimum Gasteiger partial charge on any atom is -0.497 e. The van der Waals surface area contributed by atoms with Crippen molar-refractivity contribution in [3.8, 4) is 5.75 Å². The molecule has 2 aromatic rings. The molecule has 0 aliphatic carbocycles. The molecule has 162 valence electrons. The number of para-hydroxylation sites is 1. The molecular weight excluding hydrogens is 378 g/mol. The summed E-state index contributed by atoms with van der Waals surface area (Å²) >= 11 is 0. The van der Waals surface area contributed by atoms with Crippen LogP contribution in [0.25, 0.3) is 0 Å². The minimum absolute atomic E-state index is 0.120. The number of carbonyl (C=O) groups is 2. The SMILES string of the molecule is CCN(CC(=O)Nc1ccc(OC)cc1)[C@H](C)C(=O)Nc1c(C)cccc1C(C)C. The molecule has 0 unspecified atom stereocenters. The Balaban J connectivity index is 2.03. The van der Waals surface area contributed by atoms with Gasteiger partial charge in [0.05, 0.1) is 19.7 Å². The standard InChI is InChI=1S/C24H33N3O3/c1-7-27(15-22(28)25-19-11-13-20(30-6)14-12-19)18(5)24(29)26-23-17(4)9-8-10-21(23)16(2)3/h8-14,16,18H,7,15H2,1-6H3,(H,25,28)(H,26,29)/t18-/m1/s1. The number of rotatable bonds is 9. The van der Waals surface area contributed by atoms with E-state index >= 15 is 0 Å². The third-order valence-electron chi connectivity index (χ3n) is 5.23. The topological polar surface area (TPSA) is 70.7 Å². The fraction of sp³-hybridized carbons (Fsp3) is 0.417. The molecule has 2 N–H and O–H groups in total. The van der Waals surface area contributed by atoms with Crippen molar-refractivity contribution in [1.29, 1.82) is 0 Å². The molecule has 0 aliphatic rings. The minimum atomic E-state index is -0.448. The smallest absolute Gasteiger partial charge is 0.241 e. The number of likely N-dealkylation sites (N-methyl/N-ethyl adjacent to an activating group) is 1. The van der Waals surface area contributed by atoms with Gasteiger partial charge in [0.15, 0.2) is 0 Å². The lowest BCUT2D eigenvalue weighted by Crippen LogP contribution is -2.45. The second kappa shape index (κ2) is 10.8. The molecule has 0 fully saturated rings. The molecule has 0 heterocycles. The number of nitrogens with zero attached hydrogens (tertiary/aromatic N) is 1. The molecule has 1 atom stereocenters. The molecule has 0 spiro atoms. The van der Waals surface area contributed by atoms with Crippen molar-refractivity contribution in [1.82, 2.24) is 4.90 Å². The highest BCUT2D eigenvalue weighted by Crippen LogP contribution is 2.27. The second-order valence-corrected chi connectivity index (χ2v) is 7.70. The van der Waals surface area contributed by atoms with Crippen LogP contribution in [-0.4, -0.2) is 43.0 Å². The number of aryl methyl sites for hydroxylation is 1. The summed E-state index contributed by atoms with van der Waals surface area (Å²) in [5.41, 5.74) is 3.69. The zero-order valence-corrected chi connectivity index (χ0v) is 18.8. The predicted octanol–water partition coefficient (Wildman–Crippen LogP) is 4.41. The molecule has 2 amide bonds. The normalized spacial score (nSPS) is 12.0. The summed E-state index contributed by atoms with van der Waals surface area (Å²) in [5.74, 6) is 0.740. The van der Waals surface area contributed by atoms with Crippen LogP contribution in [0.5, 0.6) is 5.75 Å². The third-order valence-corrected chi connectivity index (χ3v) is 5.23. The largest absolute Gasteiger partial charge is 0.497 e. The fourth-order valence-electron chi connectivity index (χ4n) is 3.32. The number of methoxy groups -OCH3 is 1. The highest BCUT2D eigenvalue weighted by atomic mass is 16.5. The fourth-order valence-corrected chi connectivity index (χ4v) is 3.32. The Morgan fingerprint density at radius 3 is 2.27 bits per heavy atom. The molecule has 6 nitrogen and oxygen atoms in total. The van der Waals surface area contributed by atoms with Gasteiger partial charge in [0.2, 0.25) is 11.8 Å². The van der Waals surface area contributed by atoms with Crippen LogP contribution >= 0.6 is 0 Å². The van der Waals surface area contributed by atoms with Crippen LogP contribution in [0.1, 0.15) is 44.7 Å². The van der Waals surface area contributed by atoms with E-state index < -0.39 is 6.04 Å². The van der Waals surface area contributed by atoms with Gasteiger partial charge in [-0.15, -0.1) is 0 Å². The van der Waals surface area contributed by atoms with Crippen LogP contribution in [0.3, 0.4) is 0 Å². The first-order valence-corrected chi connectivity index (χ1v) is 10.3. The Kier molecular flexibility index (Phi) is 8.42. The molecule has 6 heteroatoms. The molecule has 0 radical (unpaired) electrons. The van der Waals surface area contributed by atoms with E-state index in [1.165, 1.54) is 0 Å². The number of carbonyl (C=O) groups excluding carboxylic acids is 2. The van der Waals surface area contributed by atoms with Crippen molar-refractivity contribution in [2.24, 2.45) is 0 Å². The van der Waals surface area contributed by atoms with Gasteiger partial charge in [0, 0.05) is 11.4 Å². The average Bonchev–Trinajstić information content (AvgIpc) is 2.73. The maximum Gasteiger partial charge on any atom is 0.241 e. The van der Waals surface area contributed by atoms with Crippen LogP contribution in [0, 0.1) is 6.92 Å². The lowest BCUT2D eigenvalue weighted by Gasteiger charge is -2.27. The summed E-state index contributed by atoms with van der Waals surface area (Å²) in [4.78, 5) is 27.3. The summed E-state index contributed by atoms with van der Waals surface area (Å²) in [6.07, 6.45) is 0. The van der Waals surface area contributed by atoms with Gasteiger partial charge in [0.1, 0.15) is 5.75 Å². The Labute approximate surface area is 179 Å². The molecule has 0 saturated carbocycles. The Hall–Kier alpha value is -2.86.